The molecule has 1 aromatic heterocycles. The van der Waals surface area contributed by atoms with Crippen molar-refractivity contribution in [1.29, 1.82) is 0 Å². The fourth-order valence-corrected chi connectivity index (χ4v) is 2.46. The molecule has 0 aliphatic carbocycles. The Morgan fingerprint density at radius 3 is 2.76 bits per heavy atom. The number of carbonyl (C=O) groups excluding carboxylic acids is 1. The van der Waals surface area contributed by atoms with E-state index in [4.69, 9.17) is 4.74 Å². The molecule has 10 nitrogen and oxygen atoms in total. The number of rotatable bonds is 7. The number of hydrogen-bond acceptors (Lipinski definition) is 7. The van der Waals surface area contributed by atoms with E-state index in [1.165, 1.54) is 42.3 Å². The van der Waals surface area contributed by atoms with Gasteiger partial charge in [0.2, 0.25) is 0 Å². The van der Waals surface area contributed by atoms with Crippen LogP contribution < -0.4 is 10.2 Å². The number of nitro groups is 1. The SMILES string of the molecule is COc1ccc(O)c(/C=N\NC(=O)c2ccn(Cc3ccc([N+](=O)[O-])cc3)n2)c1. The van der Waals surface area contributed by atoms with Crippen molar-refractivity contribution in [2.75, 3.05) is 7.11 Å². The highest BCUT2D eigenvalue weighted by atomic mass is 16.6. The number of non-ortho nitro benzene ring substituents is 1. The minimum absolute atomic E-state index is 0.00354. The van der Waals surface area contributed by atoms with Gasteiger partial charge in [0.05, 0.1) is 24.8 Å². The van der Waals surface area contributed by atoms with Gasteiger partial charge in [-0.15, -0.1) is 0 Å². The molecule has 0 fully saturated rings. The number of ether oxygens (including phenoxy) is 1. The van der Waals surface area contributed by atoms with Gasteiger partial charge < -0.3 is 9.84 Å². The number of nitrogens with zero attached hydrogens (tertiary/aromatic N) is 4. The molecule has 29 heavy (non-hydrogen) atoms. The summed E-state index contributed by atoms with van der Waals surface area (Å²) in [5.74, 6) is 0.0165. The van der Waals surface area contributed by atoms with Crippen molar-refractivity contribution >= 4 is 17.8 Å². The lowest BCUT2D eigenvalue weighted by molar-refractivity contribution is -0.384. The monoisotopic (exact) mass is 395 g/mol. The van der Waals surface area contributed by atoms with Gasteiger partial charge in [-0.05, 0) is 29.8 Å². The first-order chi connectivity index (χ1) is 14.0. The highest BCUT2D eigenvalue weighted by Crippen LogP contribution is 2.21. The van der Waals surface area contributed by atoms with Gasteiger partial charge in [0.1, 0.15) is 11.5 Å². The highest BCUT2D eigenvalue weighted by Gasteiger charge is 2.10. The van der Waals surface area contributed by atoms with Gasteiger partial charge in [-0.1, -0.05) is 12.1 Å². The quantitative estimate of drug-likeness (QED) is 0.358. The van der Waals surface area contributed by atoms with Crippen LogP contribution >= 0.6 is 0 Å². The van der Waals surface area contributed by atoms with Crippen molar-refractivity contribution in [2.24, 2.45) is 5.10 Å². The molecule has 1 amide bonds. The van der Waals surface area contributed by atoms with Crippen molar-refractivity contribution in [3.05, 3.63) is 81.7 Å². The lowest BCUT2D eigenvalue weighted by atomic mass is 10.2. The smallest absolute Gasteiger partial charge is 0.291 e. The molecule has 2 N–H and O–H groups in total. The molecule has 0 aliphatic heterocycles. The number of aromatic nitrogens is 2. The van der Waals surface area contributed by atoms with Crippen LogP contribution in [-0.2, 0) is 6.54 Å². The molecule has 0 atom stereocenters. The lowest BCUT2D eigenvalue weighted by Crippen LogP contribution is -2.18. The molecule has 3 aromatic rings. The maximum absolute atomic E-state index is 12.2. The summed E-state index contributed by atoms with van der Waals surface area (Å²) in [7, 11) is 1.50. The zero-order chi connectivity index (χ0) is 20.8. The second-order valence-electron chi connectivity index (χ2n) is 5.95. The van der Waals surface area contributed by atoms with Crippen LogP contribution in [0.4, 0.5) is 5.69 Å². The van der Waals surface area contributed by atoms with Crippen molar-refractivity contribution in [3.8, 4) is 11.5 Å². The van der Waals surface area contributed by atoms with Crippen molar-refractivity contribution in [2.45, 2.75) is 6.54 Å². The third-order valence-corrected chi connectivity index (χ3v) is 3.97. The lowest BCUT2D eigenvalue weighted by Gasteiger charge is -2.03. The summed E-state index contributed by atoms with van der Waals surface area (Å²) in [6, 6.07) is 12.2. The topological polar surface area (TPSA) is 132 Å². The summed E-state index contributed by atoms with van der Waals surface area (Å²) in [5, 5.41) is 28.5. The molecule has 0 bridgehead atoms. The average Bonchev–Trinajstić information content (AvgIpc) is 3.18. The van der Waals surface area contributed by atoms with E-state index in [2.05, 4.69) is 15.6 Å². The number of benzene rings is 2. The molecule has 3 rings (SSSR count). The van der Waals surface area contributed by atoms with Crippen molar-refractivity contribution < 1.29 is 19.6 Å². The van der Waals surface area contributed by atoms with Crippen molar-refractivity contribution in [1.82, 2.24) is 15.2 Å². The first kappa shape index (κ1) is 19.5. The van der Waals surface area contributed by atoms with Gasteiger partial charge in [-0.3, -0.25) is 19.6 Å². The molecule has 0 saturated carbocycles. The Labute approximate surface area is 165 Å². The minimum Gasteiger partial charge on any atom is -0.507 e. The van der Waals surface area contributed by atoms with Gasteiger partial charge in [0.15, 0.2) is 5.69 Å². The number of hydrogen-bond donors (Lipinski definition) is 2. The van der Waals surface area contributed by atoms with E-state index < -0.39 is 10.8 Å². The summed E-state index contributed by atoms with van der Waals surface area (Å²) in [5.41, 5.74) is 3.68. The van der Waals surface area contributed by atoms with E-state index in [0.29, 0.717) is 17.9 Å². The largest absolute Gasteiger partial charge is 0.507 e. The molecular formula is C19H17N5O5. The summed E-state index contributed by atoms with van der Waals surface area (Å²) in [4.78, 5) is 22.4. The Kier molecular flexibility index (Phi) is 5.83. The van der Waals surface area contributed by atoms with Gasteiger partial charge in [-0.2, -0.15) is 10.2 Å². The van der Waals surface area contributed by atoms with Crippen molar-refractivity contribution in [3.63, 3.8) is 0 Å². The van der Waals surface area contributed by atoms with Crippen LogP contribution in [0, 0.1) is 10.1 Å². The Morgan fingerprint density at radius 2 is 2.07 bits per heavy atom. The summed E-state index contributed by atoms with van der Waals surface area (Å²) in [6.07, 6.45) is 2.91. The van der Waals surface area contributed by atoms with E-state index in [-0.39, 0.29) is 17.1 Å². The van der Waals surface area contributed by atoms with E-state index in [9.17, 15) is 20.0 Å². The number of carbonyl (C=O) groups is 1. The second kappa shape index (κ2) is 8.65. The predicted molar refractivity (Wildman–Crippen MR) is 104 cm³/mol. The fourth-order valence-electron chi connectivity index (χ4n) is 2.46. The van der Waals surface area contributed by atoms with Gasteiger partial charge >= 0.3 is 0 Å². The van der Waals surface area contributed by atoms with E-state index >= 15 is 0 Å². The minimum atomic E-state index is -0.522. The molecule has 0 spiro atoms. The van der Waals surface area contributed by atoms with Crippen LogP contribution in [0.25, 0.3) is 0 Å². The zero-order valence-corrected chi connectivity index (χ0v) is 15.3. The molecule has 0 radical (unpaired) electrons. The van der Waals surface area contributed by atoms with Gasteiger partial charge in [0, 0.05) is 23.9 Å². The van der Waals surface area contributed by atoms with Crippen LogP contribution in [0.3, 0.4) is 0 Å². The molecule has 0 saturated heterocycles. The molecule has 1 heterocycles. The molecule has 2 aromatic carbocycles. The Bertz CT molecular complexity index is 1060. The zero-order valence-electron chi connectivity index (χ0n) is 15.3. The van der Waals surface area contributed by atoms with E-state index in [0.717, 1.165) is 5.56 Å². The van der Waals surface area contributed by atoms with Gasteiger partial charge in [0.25, 0.3) is 11.6 Å². The fraction of sp³-hybridized carbons (Fsp3) is 0.105. The maximum Gasteiger partial charge on any atom is 0.291 e. The number of phenols is 1. The third-order valence-electron chi connectivity index (χ3n) is 3.97. The predicted octanol–water partition coefficient (Wildman–Crippen LogP) is 2.32. The normalized spacial score (nSPS) is 10.8. The highest BCUT2D eigenvalue weighted by molar-refractivity contribution is 5.93. The van der Waals surface area contributed by atoms with Gasteiger partial charge in [-0.25, -0.2) is 5.43 Å². The van der Waals surface area contributed by atoms with Crippen LogP contribution in [0.5, 0.6) is 11.5 Å². The summed E-state index contributed by atoms with van der Waals surface area (Å²) in [6.45, 7) is 0.353. The molecule has 10 heteroatoms. The number of aromatic hydroxyl groups is 1. The Hall–Kier alpha value is -4.21. The number of phenolic OH excluding ortho intramolecular Hbond substituents is 1. The standard InChI is InChI=1S/C19H17N5O5/c1-29-16-6-7-18(25)14(10-16)11-20-21-19(26)17-8-9-23(22-17)12-13-2-4-15(5-3-13)24(27)28/h2-11,25H,12H2,1H3,(H,21,26)/b20-11-. The first-order valence-corrected chi connectivity index (χ1v) is 8.43. The molecule has 0 unspecified atom stereocenters. The van der Waals surface area contributed by atoms with Crippen LogP contribution in [-0.4, -0.2) is 39.0 Å². The molecule has 148 valence electrons. The number of hydrazone groups is 1. The van der Waals surface area contributed by atoms with Crippen LogP contribution in [0.2, 0.25) is 0 Å². The van der Waals surface area contributed by atoms with E-state index in [1.54, 1.807) is 30.5 Å². The Morgan fingerprint density at radius 1 is 1.31 bits per heavy atom. The van der Waals surface area contributed by atoms with E-state index in [1.807, 2.05) is 0 Å². The number of nitrogens with one attached hydrogen (secondary N) is 1. The van der Waals surface area contributed by atoms with Crippen LogP contribution in [0.1, 0.15) is 21.6 Å². The maximum atomic E-state index is 12.2. The average molecular weight is 395 g/mol. The summed E-state index contributed by atoms with van der Waals surface area (Å²) < 4.78 is 6.61. The summed E-state index contributed by atoms with van der Waals surface area (Å²) >= 11 is 0. The third kappa shape index (κ3) is 4.95. The number of nitro benzene ring substituents is 1. The molecular weight excluding hydrogens is 378 g/mol. The first-order valence-electron chi connectivity index (χ1n) is 8.43. The number of amides is 1. The molecule has 0 aliphatic rings. The Balaban J connectivity index is 1.61. The number of methoxy groups -OCH3 is 1. The van der Waals surface area contributed by atoms with Crippen LogP contribution in [0.15, 0.2) is 59.8 Å². The second-order valence-corrected chi connectivity index (χ2v) is 5.95.